The Morgan fingerprint density at radius 2 is 2.16 bits per heavy atom. The highest BCUT2D eigenvalue weighted by Crippen LogP contribution is 2.23. The number of piperidine rings is 1. The Kier molecular flexibility index (Phi) is 4.10. The van der Waals surface area contributed by atoms with Crippen LogP contribution in [0.3, 0.4) is 0 Å². The summed E-state index contributed by atoms with van der Waals surface area (Å²) in [5.74, 6) is -1.12. The van der Waals surface area contributed by atoms with Crippen LogP contribution in [0.2, 0.25) is 0 Å². The number of rotatable bonds is 4. The van der Waals surface area contributed by atoms with Gasteiger partial charge in [0.05, 0.1) is 11.5 Å². The average molecular weight is 270 g/mol. The number of carbonyl (C=O) groups is 2. The molecule has 0 aliphatic carbocycles. The maximum Gasteiger partial charge on any atom is 0.306 e. The summed E-state index contributed by atoms with van der Waals surface area (Å²) in [5.41, 5.74) is -0.224. The molecular formula is C13H22N2O4. The van der Waals surface area contributed by atoms with E-state index in [-0.39, 0.29) is 30.1 Å². The van der Waals surface area contributed by atoms with E-state index >= 15 is 0 Å². The first-order chi connectivity index (χ1) is 8.91. The number of ether oxygens (including phenoxy) is 1. The monoisotopic (exact) mass is 270 g/mol. The summed E-state index contributed by atoms with van der Waals surface area (Å²) in [6, 6.07) is -0.0294. The van der Waals surface area contributed by atoms with Crippen LogP contribution in [0.1, 0.15) is 26.7 Å². The lowest BCUT2D eigenvalue weighted by Crippen LogP contribution is -2.60. The van der Waals surface area contributed by atoms with Gasteiger partial charge >= 0.3 is 5.97 Å². The van der Waals surface area contributed by atoms with E-state index in [4.69, 9.17) is 9.84 Å². The fourth-order valence-corrected chi connectivity index (χ4v) is 2.66. The normalized spacial score (nSPS) is 29.7. The average Bonchev–Trinajstić information content (AvgIpc) is 2.33. The van der Waals surface area contributed by atoms with E-state index in [0.29, 0.717) is 19.4 Å². The molecule has 2 aliphatic rings. The van der Waals surface area contributed by atoms with E-state index < -0.39 is 5.97 Å². The minimum Gasteiger partial charge on any atom is -0.481 e. The van der Waals surface area contributed by atoms with Crippen LogP contribution in [0.15, 0.2) is 0 Å². The number of hydrogen-bond donors (Lipinski definition) is 2. The highest BCUT2D eigenvalue weighted by molar-refractivity contribution is 5.78. The Morgan fingerprint density at radius 1 is 1.47 bits per heavy atom. The van der Waals surface area contributed by atoms with Crippen LogP contribution in [-0.2, 0) is 14.3 Å². The highest BCUT2D eigenvalue weighted by Gasteiger charge is 2.36. The molecule has 0 aromatic carbocycles. The molecule has 2 saturated heterocycles. The Hall–Kier alpha value is -1.14. The van der Waals surface area contributed by atoms with Crippen LogP contribution in [0.5, 0.6) is 0 Å². The summed E-state index contributed by atoms with van der Waals surface area (Å²) in [6.45, 7) is 6.03. The van der Waals surface area contributed by atoms with Gasteiger partial charge in [-0.25, -0.2) is 0 Å². The summed E-state index contributed by atoms with van der Waals surface area (Å²) in [4.78, 5) is 24.8. The van der Waals surface area contributed by atoms with Crippen molar-refractivity contribution in [3.05, 3.63) is 0 Å². The molecule has 0 aromatic rings. The number of hydrogen-bond acceptors (Lipinski definition) is 4. The Bertz CT molecular complexity index is 368. The Morgan fingerprint density at radius 3 is 2.63 bits per heavy atom. The smallest absolute Gasteiger partial charge is 0.306 e. The van der Waals surface area contributed by atoms with Crippen LogP contribution >= 0.6 is 0 Å². The molecular weight excluding hydrogens is 248 g/mol. The number of aliphatic carboxylic acids is 1. The van der Waals surface area contributed by atoms with Crippen molar-refractivity contribution >= 4 is 11.9 Å². The van der Waals surface area contributed by atoms with Crippen LogP contribution in [0, 0.1) is 5.92 Å². The zero-order chi connectivity index (χ0) is 14.0. The lowest BCUT2D eigenvalue weighted by molar-refractivity contribution is -0.153. The summed E-state index contributed by atoms with van der Waals surface area (Å²) >= 11 is 0. The van der Waals surface area contributed by atoms with E-state index in [0.717, 1.165) is 13.1 Å². The fourth-order valence-electron chi connectivity index (χ4n) is 2.66. The van der Waals surface area contributed by atoms with E-state index in [2.05, 4.69) is 5.32 Å². The van der Waals surface area contributed by atoms with Gasteiger partial charge in [0.25, 0.3) is 0 Å². The predicted molar refractivity (Wildman–Crippen MR) is 68.8 cm³/mol. The molecule has 1 amide bonds. The molecule has 0 radical (unpaired) electrons. The first-order valence-electron chi connectivity index (χ1n) is 6.78. The Balaban J connectivity index is 1.81. The van der Waals surface area contributed by atoms with Crippen molar-refractivity contribution in [3.63, 3.8) is 0 Å². The third-order valence-corrected chi connectivity index (χ3v) is 4.09. The van der Waals surface area contributed by atoms with E-state index in [1.807, 2.05) is 13.8 Å². The van der Waals surface area contributed by atoms with Crippen LogP contribution in [0.4, 0.5) is 0 Å². The van der Waals surface area contributed by atoms with E-state index in [1.165, 1.54) is 0 Å². The molecule has 2 rings (SSSR count). The van der Waals surface area contributed by atoms with Crippen molar-refractivity contribution in [2.24, 2.45) is 5.92 Å². The molecule has 0 spiro atoms. The summed E-state index contributed by atoms with van der Waals surface area (Å²) in [5, 5.41) is 12.1. The number of amides is 1. The van der Waals surface area contributed by atoms with Crippen molar-refractivity contribution in [3.8, 4) is 0 Å². The standard InChI is InChI=1S/C13H22N2O4/c1-9-5-10(12(17)18)3-4-15(9)11(16)6-19-13(2)7-14-8-13/h9-10,14H,3-8H2,1-2H3,(H,17,18). The van der Waals surface area contributed by atoms with Crippen molar-refractivity contribution in [1.29, 1.82) is 0 Å². The van der Waals surface area contributed by atoms with Crippen molar-refractivity contribution in [1.82, 2.24) is 10.2 Å². The van der Waals surface area contributed by atoms with Crippen LogP contribution < -0.4 is 5.32 Å². The number of nitrogens with one attached hydrogen (secondary N) is 1. The van der Waals surface area contributed by atoms with Gasteiger partial charge in [-0.05, 0) is 26.7 Å². The first-order valence-corrected chi connectivity index (χ1v) is 6.78. The molecule has 0 saturated carbocycles. The van der Waals surface area contributed by atoms with Gasteiger partial charge in [0, 0.05) is 25.7 Å². The van der Waals surface area contributed by atoms with E-state index in [1.54, 1.807) is 4.90 Å². The van der Waals surface area contributed by atoms with Gasteiger partial charge in [0.15, 0.2) is 0 Å². The van der Waals surface area contributed by atoms with Gasteiger partial charge < -0.3 is 20.1 Å². The first kappa shape index (κ1) is 14.3. The van der Waals surface area contributed by atoms with E-state index in [9.17, 15) is 9.59 Å². The molecule has 2 heterocycles. The minimum absolute atomic E-state index is 0.0294. The van der Waals surface area contributed by atoms with Gasteiger partial charge in [0.2, 0.25) is 5.91 Å². The summed E-state index contributed by atoms with van der Waals surface area (Å²) in [7, 11) is 0. The quantitative estimate of drug-likeness (QED) is 0.756. The zero-order valence-corrected chi connectivity index (χ0v) is 11.5. The topological polar surface area (TPSA) is 78.9 Å². The van der Waals surface area contributed by atoms with Crippen molar-refractivity contribution in [2.45, 2.75) is 38.3 Å². The molecule has 2 fully saturated rings. The highest BCUT2D eigenvalue weighted by atomic mass is 16.5. The SMILES string of the molecule is CC1CC(C(=O)O)CCN1C(=O)COC1(C)CNC1. The molecule has 2 unspecified atom stereocenters. The molecule has 108 valence electrons. The number of likely N-dealkylation sites (tertiary alicyclic amines) is 1. The molecule has 0 bridgehead atoms. The third kappa shape index (κ3) is 3.25. The van der Waals surface area contributed by atoms with Crippen LogP contribution in [-0.4, -0.2) is 59.8 Å². The third-order valence-electron chi connectivity index (χ3n) is 4.09. The Labute approximate surface area is 113 Å². The largest absolute Gasteiger partial charge is 0.481 e. The van der Waals surface area contributed by atoms with Gasteiger partial charge in [-0.1, -0.05) is 0 Å². The molecule has 2 aliphatic heterocycles. The predicted octanol–water partition coefficient (Wildman–Crippen LogP) is 0.0766. The van der Waals surface area contributed by atoms with Crippen molar-refractivity contribution in [2.75, 3.05) is 26.2 Å². The molecule has 6 heteroatoms. The molecule has 0 aromatic heterocycles. The van der Waals surface area contributed by atoms with Gasteiger partial charge in [-0.2, -0.15) is 0 Å². The van der Waals surface area contributed by atoms with Gasteiger partial charge in [0.1, 0.15) is 6.61 Å². The maximum absolute atomic E-state index is 12.1. The number of carboxylic acid groups (broad SMARTS) is 1. The summed E-state index contributed by atoms with van der Waals surface area (Å²) in [6.07, 6.45) is 1.06. The molecule has 2 N–H and O–H groups in total. The number of carbonyl (C=O) groups excluding carboxylic acids is 1. The maximum atomic E-state index is 12.1. The second-order valence-corrected chi connectivity index (χ2v) is 5.84. The lowest BCUT2D eigenvalue weighted by Gasteiger charge is -2.40. The minimum atomic E-state index is -0.761. The second kappa shape index (κ2) is 5.46. The lowest BCUT2D eigenvalue weighted by atomic mass is 9.92. The van der Waals surface area contributed by atoms with Gasteiger partial charge in [-0.15, -0.1) is 0 Å². The second-order valence-electron chi connectivity index (χ2n) is 5.84. The molecule has 2 atom stereocenters. The molecule has 6 nitrogen and oxygen atoms in total. The van der Waals surface area contributed by atoms with Gasteiger partial charge in [-0.3, -0.25) is 9.59 Å². The fraction of sp³-hybridized carbons (Fsp3) is 0.846. The zero-order valence-electron chi connectivity index (χ0n) is 11.5. The summed E-state index contributed by atoms with van der Waals surface area (Å²) < 4.78 is 5.63. The van der Waals surface area contributed by atoms with Crippen LogP contribution in [0.25, 0.3) is 0 Å². The number of carboxylic acids is 1. The molecule has 19 heavy (non-hydrogen) atoms. The number of nitrogens with zero attached hydrogens (tertiary/aromatic N) is 1. The van der Waals surface area contributed by atoms with Crippen molar-refractivity contribution < 1.29 is 19.4 Å².